The van der Waals surface area contributed by atoms with Crippen molar-refractivity contribution in [1.82, 2.24) is 19.7 Å². The fourth-order valence-corrected chi connectivity index (χ4v) is 5.89. The molecule has 0 saturated carbocycles. The summed E-state index contributed by atoms with van der Waals surface area (Å²) in [6.45, 7) is 2.51. The lowest BCUT2D eigenvalue weighted by Crippen LogP contribution is -2.49. The maximum atomic E-state index is 13.2. The molecule has 1 amide bonds. The summed E-state index contributed by atoms with van der Waals surface area (Å²) in [4.78, 5) is 21.5. The van der Waals surface area contributed by atoms with E-state index < -0.39 is 9.84 Å². The van der Waals surface area contributed by atoms with Crippen molar-refractivity contribution in [1.29, 1.82) is 0 Å². The molecule has 0 unspecified atom stereocenters. The van der Waals surface area contributed by atoms with E-state index in [2.05, 4.69) is 15.0 Å². The van der Waals surface area contributed by atoms with E-state index in [1.54, 1.807) is 40.2 Å². The molecule has 5 heterocycles. The summed E-state index contributed by atoms with van der Waals surface area (Å²) < 4.78 is 31.2. The molecule has 0 radical (unpaired) electrons. The molecule has 2 saturated heterocycles. The molecule has 0 N–H and O–H groups in total. The van der Waals surface area contributed by atoms with E-state index in [0.717, 1.165) is 5.82 Å². The lowest BCUT2D eigenvalue weighted by atomic mass is 10.2. The molecule has 31 heavy (non-hydrogen) atoms. The number of anilines is 1. The zero-order valence-electron chi connectivity index (χ0n) is 16.9. The van der Waals surface area contributed by atoms with Gasteiger partial charge in [0.1, 0.15) is 11.5 Å². The van der Waals surface area contributed by atoms with Crippen LogP contribution in [0.3, 0.4) is 0 Å². The normalized spacial score (nSPS) is 20.8. The van der Waals surface area contributed by atoms with E-state index in [1.165, 1.54) is 0 Å². The van der Waals surface area contributed by atoms with Gasteiger partial charge >= 0.3 is 0 Å². The summed E-state index contributed by atoms with van der Waals surface area (Å²) in [6.07, 6.45) is 3.80. The number of piperazine rings is 1. The fourth-order valence-electron chi connectivity index (χ4n) is 4.20. The van der Waals surface area contributed by atoms with E-state index in [-0.39, 0.29) is 23.5 Å². The number of pyridine rings is 1. The molecule has 2 fully saturated rings. The first-order valence-electron chi connectivity index (χ1n) is 10.3. The van der Waals surface area contributed by atoms with Gasteiger partial charge in [0.15, 0.2) is 21.3 Å². The summed E-state index contributed by atoms with van der Waals surface area (Å²) in [5.41, 5.74) is 0.935. The minimum Gasteiger partial charge on any atom is -0.463 e. The second-order valence-electron chi connectivity index (χ2n) is 7.86. The van der Waals surface area contributed by atoms with Crippen LogP contribution in [0, 0.1) is 0 Å². The Morgan fingerprint density at radius 1 is 1.10 bits per heavy atom. The minimum atomic E-state index is -3.09. The maximum absolute atomic E-state index is 13.2. The number of rotatable bonds is 4. The molecule has 0 aromatic carbocycles. The lowest BCUT2D eigenvalue weighted by Gasteiger charge is -2.35. The predicted molar refractivity (Wildman–Crippen MR) is 115 cm³/mol. The third kappa shape index (κ3) is 3.95. The number of amides is 1. The summed E-state index contributed by atoms with van der Waals surface area (Å²) in [5, 5.41) is 4.54. The smallest absolute Gasteiger partial charge is 0.274 e. The SMILES string of the molecule is O=C(c1cc(-c2ccco2)n([C@@H]2CCS(=O)(=O)C2)n1)N1CCN(c2ccccn2)CC1. The van der Waals surface area contributed by atoms with Crippen molar-refractivity contribution in [2.24, 2.45) is 0 Å². The Balaban J connectivity index is 1.37. The largest absolute Gasteiger partial charge is 0.463 e. The van der Waals surface area contributed by atoms with Crippen molar-refractivity contribution in [3.05, 3.63) is 54.6 Å². The third-order valence-electron chi connectivity index (χ3n) is 5.82. The molecule has 1 atom stereocenters. The van der Waals surface area contributed by atoms with Gasteiger partial charge in [0.2, 0.25) is 0 Å². The predicted octanol–water partition coefficient (Wildman–Crippen LogP) is 1.86. The van der Waals surface area contributed by atoms with Crippen molar-refractivity contribution in [3.8, 4) is 11.5 Å². The van der Waals surface area contributed by atoms with Gasteiger partial charge in [-0.05, 0) is 30.7 Å². The van der Waals surface area contributed by atoms with E-state index >= 15 is 0 Å². The number of sulfone groups is 1. The number of hydrogen-bond donors (Lipinski definition) is 0. The standard InChI is InChI=1S/C21H23N5O4S/c27-21(25-10-8-24(9-11-25)20-5-1-2-7-22-20)17-14-18(19-4-3-12-30-19)26(23-17)16-6-13-31(28,29)15-16/h1-5,7,12,14,16H,6,8-11,13,15H2/t16-/m1/s1. The van der Waals surface area contributed by atoms with Crippen LogP contribution in [0.5, 0.6) is 0 Å². The van der Waals surface area contributed by atoms with Crippen LogP contribution in [0.1, 0.15) is 23.0 Å². The summed E-state index contributed by atoms with van der Waals surface area (Å²) in [5.74, 6) is 1.47. The van der Waals surface area contributed by atoms with Gasteiger partial charge in [0.05, 0.1) is 23.8 Å². The van der Waals surface area contributed by atoms with Crippen LogP contribution in [0.25, 0.3) is 11.5 Å². The van der Waals surface area contributed by atoms with Gasteiger partial charge < -0.3 is 14.2 Å². The lowest BCUT2D eigenvalue weighted by molar-refractivity contribution is 0.0739. The van der Waals surface area contributed by atoms with Gasteiger partial charge in [-0.3, -0.25) is 9.48 Å². The zero-order valence-corrected chi connectivity index (χ0v) is 17.7. The molecule has 9 nitrogen and oxygen atoms in total. The Bertz CT molecular complexity index is 1170. The fraction of sp³-hybridized carbons (Fsp3) is 0.381. The van der Waals surface area contributed by atoms with E-state index in [9.17, 15) is 13.2 Å². The van der Waals surface area contributed by atoms with Gasteiger partial charge in [-0.25, -0.2) is 13.4 Å². The van der Waals surface area contributed by atoms with Gasteiger partial charge in [-0.15, -0.1) is 0 Å². The molecule has 2 aliphatic rings. The Morgan fingerprint density at radius 2 is 1.94 bits per heavy atom. The minimum absolute atomic E-state index is 0.0266. The molecule has 0 bridgehead atoms. The second-order valence-corrected chi connectivity index (χ2v) is 10.1. The van der Waals surface area contributed by atoms with Crippen LogP contribution in [0.2, 0.25) is 0 Å². The Morgan fingerprint density at radius 3 is 2.58 bits per heavy atom. The first-order valence-corrected chi connectivity index (χ1v) is 12.1. The number of carbonyl (C=O) groups excluding carboxylic acids is 1. The number of hydrogen-bond acceptors (Lipinski definition) is 7. The molecular formula is C21H23N5O4S. The first-order chi connectivity index (χ1) is 15.0. The van der Waals surface area contributed by atoms with E-state index in [1.807, 2.05) is 18.2 Å². The van der Waals surface area contributed by atoms with Crippen molar-refractivity contribution in [3.63, 3.8) is 0 Å². The monoisotopic (exact) mass is 441 g/mol. The highest BCUT2D eigenvalue weighted by atomic mass is 32.2. The van der Waals surface area contributed by atoms with Crippen LogP contribution in [0.15, 0.2) is 53.3 Å². The van der Waals surface area contributed by atoms with Crippen LogP contribution in [0.4, 0.5) is 5.82 Å². The number of furan rings is 1. The van der Waals surface area contributed by atoms with Crippen LogP contribution < -0.4 is 4.90 Å². The van der Waals surface area contributed by atoms with Crippen molar-refractivity contribution in [2.45, 2.75) is 12.5 Å². The molecule has 10 heteroatoms. The molecule has 5 rings (SSSR count). The quantitative estimate of drug-likeness (QED) is 0.609. The van der Waals surface area contributed by atoms with Gasteiger partial charge in [-0.2, -0.15) is 5.10 Å². The molecule has 0 spiro atoms. The van der Waals surface area contributed by atoms with Crippen molar-refractivity contribution < 1.29 is 17.6 Å². The topological polar surface area (TPSA) is 102 Å². The molecule has 2 aliphatic heterocycles. The number of nitrogens with zero attached hydrogens (tertiary/aromatic N) is 5. The number of carbonyl (C=O) groups is 1. The average Bonchev–Trinajstić information content (AvgIpc) is 3.53. The molecule has 3 aromatic heterocycles. The van der Waals surface area contributed by atoms with Gasteiger partial charge in [0.25, 0.3) is 5.91 Å². The van der Waals surface area contributed by atoms with Gasteiger partial charge in [0, 0.05) is 38.4 Å². The van der Waals surface area contributed by atoms with E-state index in [4.69, 9.17) is 4.42 Å². The van der Waals surface area contributed by atoms with Gasteiger partial charge in [-0.1, -0.05) is 6.07 Å². The van der Waals surface area contributed by atoms with E-state index in [0.29, 0.717) is 49.7 Å². The first kappa shape index (κ1) is 19.8. The van der Waals surface area contributed by atoms with Crippen LogP contribution in [-0.2, 0) is 9.84 Å². The molecule has 0 aliphatic carbocycles. The highest BCUT2D eigenvalue weighted by Gasteiger charge is 2.33. The zero-order chi connectivity index (χ0) is 21.4. The molecular weight excluding hydrogens is 418 g/mol. The molecule has 162 valence electrons. The third-order valence-corrected chi connectivity index (χ3v) is 7.57. The highest BCUT2D eigenvalue weighted by Crippen LogP contribution is 2.30. The summed E-state index contributed by atoms with van der Waals surface area (Å²) >= 11 is 0. The average molecular weight is 442 g/mol. The Labute approximate surface area is 180 Å². The van der Waals surface area contributed by atoms with Crippen LogP contribution in [-0.4, -0.2) is 71.7 Å². The Hall–Kier alpha value is -3.14. The number of aromatic nitrogens is 3. The summed E-state index contributed by atoms with van der Waals surface area (Å²) in [7, 11) is -3.09. The molecule has 3 aromatic rings. The Kier molecular flexibility index (Phi) is 5.01. The summed E-state index contributed by atoms with van der Waals surface area (Å²) in [6, 6.07) is 10.7. The van der Waals surface area contributed by atoms with Crippen LogP contribution >= 0.6 is 0 Å². The maximum Gasteiger partial charge on any atom is 0.274 e. The van der Waals surface area contributed by atoms with Crippen molar-refractivity contribution in [2.75, 3.05) is 42.6 Å². The highest BCUT2D eigenvalue weighted by molar-refractivity contribution is 7.91. The second kappa shape index (κ2) is 7.84. The van der Waals surface area contributed by atoms with Crippen molar-refractivity contribution >= 4 is 21.6 Å².